The van der Waals surface area contributed by atoms with E-state index in [9.17, 15) is 0 Å². The van der Waals surface area contributed by atoms with E-state index in [0.717, 1.165) is 28.9 Å². The van der Waals surface area contributed by atoms with Gasteiger partial charge in [-0.3, -0.25) is 4.98 Å². The molecular weight excluding hydrogens is 260 g/mol. The van der Waals surface area contributed by atoms with E-state index in [0.29, 0.717) is 0 Å². The topological polar surface area (TPSA) is 34.1 Å². The molecule has 0 atom stereocenters. The molecule has 0 unspecified atom stereocenters. The minimum atomic E-state index is 0.754. The summed E-state index contributed by atoms with van der Waals surface area (Å²) in [4.78, 5) is 4.34. The van der Waals surface area contributed by atoms with Gasteiger partial charge in [-0.15, -0.1) is 0 Å². The lowest BCUT2D eigenvalue weighted by Crippen LogP contribution is -2.01. The Labute approximate surface area is 124 Å². The van der Waals surface area contributed by atoms with Crippen LogP contribution in [-0.2, 0) is 6.54 Å². The second kappa shape index (κ2) is 5.83. The van der Waals surface area contributed by atoms with Gasteiger partial charge in [-0.05, 0) is 48.4 Å². The molecule has 1 heterocycles. The van der Waals surface area contributed by atoms with Crippen molar-refractivity contribution in [3.63, 3.8) is 0 Å². The number of pyridine rings is 1. The van der Waals surface area contributed by atoms with Crippen LogP contribution in [0.15, 0.2) is 54.7 Å². The lowest BCUT2D eigenvalue weighted by molar-refractivity contribution is 0.416. The maximum atomic E-state index is 5.41. The Morgan fingerprint density at radius 1 is 1.10 bits per heavy atom. The van der Waals surface area contributed by atoms with Gasteiger partial charge in [0.25, 0.3) is 0 Å². The van der Waals surface area contributed by atoms with Crippen LogP contribution in [0.5, 0.6) is 5.75 Å². The highest BCUT2D eigenvalue weighted by molar-refractivity contribution is 5.79. The van der Waals surface area contributed by atoms with Crippen LogP contribution in [0.2, 0.25) is 0 Å². The quantitative estimate of drug-likeness (QED) is 0.778. The lowest BCUT2D eigenvalue weighted by Gasteiger charge is -2.12. The van der Waals surface area contributed by atoms with Gasteiger partial charge >= 0.3 is 0 Å². The SMILES string of the molecule is COc1cc(C)ccc1NCc1ccc2ncccc2c1. The van der Waals surface area contributed by atoms with Gasteiger partial charge < -0.3 is 10.1 Å². The van der Waals surface area contributed by atoms with Crippen molar-refractivity contribution in [2.75, 3.05) is 12.4 Å². The Kier molecular flexibility index (Phi) is 3.73. The van der Waals surface area contributed by atoms with Crippen molar-refractivity contribution < 1.29 is 4.74 Å². The number of nitrogens with zero attached hydrogens (tertiary/aromatic N) is 1. The van der Waals surface area contributed by atoms with Crippen molar-refractivity contribution in [3.05, 3.63) is 65.9 Å². The zero-order valence-corrected chi connectivity index (χ0v) is 12.3. The van der Waals surface area contributed by atoms with E-state index in [1.165, 1.54) is 11.1 Å². The van der Waals surface area contributed by atoms with Crippen LogP contribution in [-0.4, -0.2) is 12.1 Å². The summed E-state index contributed by atoms with van der Waals surface area (Å²) in [5.74, 6) is 0.873. The molecule has 0 saturated heterocycles. The highest BCUT2D eigenvalue weighted by atomic mass is 16.5. The Hall–Kier alpha value is -2.55. The van der Waals surface area contributed by atoms with E-state index in [1.807, 2.05) is 18.3 Å². The molecule has 0 aliphatic heterocycles. The molecule has 3 heteroatoms. The van der Waals surface area contributed by atoms with E-state index in [4.69, 9.17) is 4.74 Å². The first kappa shape index (κ1) is 13.4. The van der Waals surface area contributed by atoms with E-state index in [1.54, 1.807) is 7.11 Å². The number of anilines is 1. The Morgan fingerprint density at radius 3 is 2.86 bits per heavy atom. The number of methoxy groups -OCH3 is 1. The number of ether oxygens (including phenoxy) is 1. The van der Waals surface area contributed by atoms with Crippen molar-refractivity contribution in [1.29, 1.82) is 0 Å². The molecule has 0 amide bonds. The maximum Gasteiger partial charge on any atom is 0.142 e. The van der Waals surface area contributed by atoms with Crippen LogP contribution >= 0.6 is 0 Å². The summed E-state index contributed by atoms with van der Waals surface area (Å²) in [7, 11) is 1.70. The number of rotatable bonds is 4. The smallest absolute Gasteiger partial charge is 0.142 e. The predicted molar refractivity (Wildman–Crippen MR) is 86.8 cm³/mol. The van der Waals surface area contributed by atoms with Gasteiger partial charge in [0.15, 0.2) is 0 Å². The molecule has 0 saturated carbocycles. The van der Waals surface area contributed by atoms with Gasteiger partial charge in [-0.1, -0.05) is 18.2 Å². The fourth-order valence-corrected chi connectivity index (χ4v) is 2.38. The third-order valence-corrected chi connectivity index (χ3v) is 3.51. The number of hydrogen-bond acceptors (Lipinski definition) is 3. The van der Waals surface area contributed by atoms with Crippen LogP contribution in [0.4, 0.5) is 5.69 Å². The van der Waals surface area contributed by atoms with Gasteiger partial charge in [0.1, 0.15) is 5.75 Å². The van der Waals surface area contributed by atoms with Crippen molar-refractivity contribution >= 4 is 16.6 Å². The van der Waals surface area contributed by atoms with Crippen LogP contribution in [0.25, 0.3) is 10.9 Å². The summed E-state index contributed by atoms with van der Waals surface area (Å²) in [5, 5.41) is 4.59. The van der Waals surface area contributed by atoms with Crippen LogP contribution in [0.3, 0.4) is 0 Å². The van der Waals surface area contributed by atoms with Crippen molar-refractivity contribution in [2.45, 2.75) is 13.5 Å². The average molecular weight is 278 g/mol. The number of nitrogens with one attached hydrogen (secondary N) is 1. The largest absolute Gasteiger partial charge is 0.495 e. The van der Waals surface area contributed by atoms with E-state index >= 15 is 0 Å². The fraction of sp³-hybridized carbons (Fsp3) is 0.167. The van der Waals surface area contributed by atoms with Crippen LogP contribution in [0.1, 0.15) is 11.1 Å². The standard InChI is InChI=1S/C18H18N2O/c1-13-5-7-17(18(10-13)21-2)20-12-14-6-8-16-15(11-14)4-3-9-19-16/h3-11,20H,12H2,1-2H3. The highest BCUT2D eigenvalue weighted by Gasteiger charge is 2.03. The van der Waals surface area contributed by atoms with Crippen molar-refractivity contribution in [1.82, 2.24) is 4.98 Å². The summed E-state index contributed by atoms with van der Waals surface area (Å²) >= 11 is 0. The molecule has 3 aromatic rings. The Morgan fingerprint density at radius 2 is 2.00 bits per heavy atom. The third-order valence-electron chi connectivity index (χ3n) is 3.51. The van der Waals surface area contributed by atoms with Gasteiger partial charge in [-0.2, -0.15) is 0 Å². The summed E-state index contributed by atoms with van der Waals surface area (Å²) < 4.78 is 5.41. The maximum absolute atomic E-state index is 5.41. The first-order valence-electron chi connectivity index (χ1n) is 6.98. The molecule has 106 valence electrons. The molecule has 21 heavy (non-hydrogen) atoms. The summed E-state index contributed by atoms with van der Waals surface area (Å²) in [5.41, 5.74) is 4.44. The highest BCUT2D eigenvalue weighted by Crippen LogP contribution is 2.26. The second-order valence-corrected chi connectivity index (χ2v) is 5.09. The fourth-order valence-electron chi connectivity index (χ4n) is 2.38. The molecule has 0 bridgehead atoms. The molecular formula is C18H18N2O. The third kappa shape index (κ3) is 2.97. The monoisotopic (exact) mass is 278 g/mol. The predicted octanol–water partition coefficient (Wildman–Crippen LogP) is 4.16. The second-order valence-electron chi connectivity index (χ2n) is 5.09. The lowest BCUT2D eigenvalue weighted by atomic mass is 10.1. The van der Waals surface area contributed by atoms with Crippen molar-refractivity contribution in [2.24, 2.45) is 0 Å². The van der Waals surface area contributed by atoms with E-state index < -0.39 is 0 Å². The number of fused-ring (bicyclic) bond motifs is 1. The van der Waals surface area contributed by atoms with E-state index in [-0.39, 0.29) is 0 Å². The molecule has 0 spiro atoms. The first-order chi connectivity index (χ1) is 10.3. The van der Waals surface area contributed by atoms with Gasteiger partial charge in [0.05, 0.1) is 18.3 Å². The number of hydrogen-bond donors (Lipinski definition) is 1. The zero-order chi connectivity index (χ0) is 14.7. The molecule has 0 aliphatic carbocycles. The van der Waals surface area contributed by atoms with E-state index in [2.05, 4.69) is 53.6 Å². The number of benzene rings is 2. The number of aryl methyl sites for hydroxylation is 1. The molecule has 0 radical (unpaired) electrons. The van der Waals surface area contributed by atoms with Gasteiger partial charge in [0.2, 0.25) is 0 Å². The van der Waals surface area contributed by atoms with Gasteiger partial charge in [-0.25, -0.2) is 0 Å². The average Bonchev–Trinajstić information content (AvgIpc) is 2.53. The normalized spacial score (nSPS) is 10.6. The van der Waals surface area contributed by atoms with Crippen molar-refractivity contribution in [3.8, 4) is 5.75 Å². The molecule has 1 N–H and O–H groups in total. The first-order valence-corrected chi connectivity index (χ1v) is 6.98. The minimum absolute atomic E-state index is 0.754. The van der Waals surface area contributed by atoms with Crippen LogP contribution < -0.4 is 10.1 Å². The zero-order valence-electron chi connectivity index (χ0n) is 12.3. The summed E-state index contributed by atoms with van der Waals surface area (Å²) in [6.07, 6.45) is 1.82. The summed E-state index contributed by atoms with van der Waals surface area (Å²) in [6.45, 7) is 2.81. The molecule has 3 nitrogen and oxygen atoms in total. The Bertz CT molecular complexity index is 768. The minimum Gasteiger partial charge on any atom is -0.495 e. The molecule has 3 rings (SSSR count). The molecule has 2 aromatic carbocycles. The van der Waals surface area contributed by atoms with Crippen LogP contribution in [0, 0.1) is 6.92 Å². The van der Waals surface area contributed by atoms with Gasteiger partial charge in [0, 0.05) is 18.1 Å². The molecule has 0 fully saturated rings. The molecule has 1 aromatic heterocycles. The molecule has 0 aliphatic rings. The number of aromatic nitrogens is 1. The summed E-state index contributed by atoms with van der Waals surface area (Å²) in [6, 6.07) is 16.5. The Balaban J connectivity index is 1.80.